The molecule has 1 aromatic heterocycles. The lowest BCUT2D eigenvalue weighted by atomic mass is 9.95. The molecule has 1 unspecified atom stereocenters. The third-order valence-corrected chi connectivity index (χ3v) is 5.80. The number of aliphatic hydroxyl groups excluding tert-OH is 1. The second kappa shape index (κ2) is 7.78. The van der Waals surface area contributed by atoms with Gasteiger partial charge in [0, 0.05) is 23.3 Å². The molecule has 0 radical (unpaired) electrons. The third kappa shape index (κ3) is 3.15. The number of hydrogen-bond acceptors (Lipinski definition) is 4. The molecule has 0 bridgehead atoms. The predicted octanol–water partition coefficient (Wildman–Crippen LogP) is 5.17. The highest BCUT2D eigenvalue weighted by Crippen LogP contribution is 2.43. The lowest BCUT2D eigenvalue weighted by Crippen LogP contribution is -2.29. The summed E-state index contributed by atoms with van der Waals surface area (Å²) in [5.41, 5.74) is 2.83. The van der Waals surface area contributed by atoms with Crippen LogP contribution in [-0.2, 0) is 9.59 Å². The summed E-state index contributed by atoms with van der Waals surface area (Å²) in [5, 5.41) is 13.0. The molecule has 156 valence electrons. The average Bonchev–Trinajstić information content (AvgIpc) is 3.09. The summed E-state index contributed by atoms with van der Waals surface area (Å²) >= 11 is 0. The van der Waals surface area contributed by atoms with Crippen LogP contribution in [0.5, 0.6) is 0 Å². The summed E-state index contributed by atoms with van der Waals surface area (Å²) in [7, 11) is 0. The highest BCUT2D eigenvalue weighted by molar-refractivity contribution is 6.52. The number of aromatic nitrogens is 1. The maximum atomic E-state index is 13.3. The molecule has 0 saturated carbocycles. The van der Waals surface area contributed by atoms with Gasteiger partial charge in [-0.3, -0.25) is 19.5 Å². The molecule has 1 saturated heterocycles. The first-order chi connectivity index (χ1) is 15.6. The number of rotatable bonds is 3. The summed E-state index contributed by atoms with van der Waals surface area (Å²) in [6.07, 6.45) is 3.25. The highest BCUT2D eigenvalue weighted by atomic mass is 16.3. The quantitative estimate of drug-likeness (QED) is 0.282. The molecule has 0 spiro atoms. The maximum absolute atomic E-state index is 13.3. The molecule has 32 heavy (non-hydrogen) atoms. The van der Waals surface area contributed by atoms with E-state index < -0.39 is 17.7 Å². The molecule has 1 fully saturated rings. The van der Waals surface area contributed by atoms with E-state index in [4.69, 9.17) is 0 Å². The van der Waals surface area contributed by atoms with Gasteiger partial charge in [-0.1, -0.05) is 72.3 Å². The van der Waals surface area contributed by atoms with Crippen LogP contribution in [0.3, 0.4) is 0 Å². The van der Waals surface area contributed by atoms with Crippen LogP contribution in [0, 0.1) is 6.92 Å². The first kappa shape index (κ1) is 19.7. The Morgan fingerprint density at radius 1 is 0.906 bits per heavy atom. The fraction of sp³-hybridized carbons (Fsp3) is 0.0741. The van der Waals surface area contributed by atoms with E-state index in [0.29, 0.717) is 16.8 Å². The average molecular weight is 420 g/mol. The molecule has 1 amide bonds. The highest BCUT2D eigenvalue weighted by Gasteiger charge is 2.47. The van der Waals surface area contributed by atoms with Crippen LogP contribution in [0.4, 0.5) is 5.69 Å². The molecule has 1 atom stereocenters. The van der Waals surface area contributed by atoms with E-state index in [-0.39, 0.29) is 11.3 Å². The zero-order valence-corrected chi connectivity index (χ0v) is 17.4. The van der Waals surface area contributed by atoms with Gasteiger partial charge in [0.1, 0.15) is 5.76 Å². The summed E-state index contributed by atoms with van der Waals surface area (Å²) in [5.74, 6) is -1.59. The van der Waals surface area contributed by atoms with E-state index >= 15 is 0 Å². The molecule has 4 aromatic rings. The van der Waals surface area contributed by atoms with E-state index in [2.05, 4.69) is 4.98 Å². The smallest absolute Gasteiger partial charge is 0.300 e. The number of carbonyl (C=O) groups is 2. The fourth-order valence-electron chi connectivity index (χ4n) is 4.22. The molecular formula is C27H20N2O3. The molecule has 5 nitrogen and oxygen atoms in total. The van der Waals surface area contributed by atoms with E-state index in [1.165, 1.54) is 4.90 Å². The third-order valence-electron chi connectivity index (χ3n) is 5.80. The van der Waals surface area contributed by atoms with E-state index in [9.17, 15) is 14.7 Å². The monoisotopic (exact) mass is 420 g/mol. The number of nitrogens with zero attached hydrogens (tertiary/aromatic N) is 2. The topological polar surface area (TPSA) is 70.5 Å². The van der Waals surface area contributed by atoms with Crippen LogP contribution in [-0.4, -0.2) is 21.8 Å². The Bertz CT molecular complexity index is 1370. The van der Waals surface area contributed by atoms with Gasteiger partial charge >= 0.3 is 0 Å². The van der Waals surface area contributed by atoms with Crippen molar-refractivity contribution in [2.24, 2.45) is 0 Å². The first-order valence-corrected chi connectivity index (χ1v) is 10.3. The largest absolute Gasteiger partial charge is 0.507 e. The van der Waals surface area contributed by atoms with Crippen molar-refractivity contribution in [3.05, 3.63) is 114 Å². The zero-order valence-electron chi connectivity index (χ0n) is 17.4. The first-order valence-electron chi connectivity index (χ1n) is 10.3. The van der Waals surface area contributed by atoms with Crippen LogP contribution in [0.15, 0.2) is 96.8 Å². The minimum Gasteiger partial charge on any atom is -0.507 e. The van der Waals surface area contributed by atoms with Crippen molar-refractivity contribution in [2.45, 2.75) is 13.0 Å². The fourth-order valence-corrected chi connectivity index (χ4v) is 4.22. The molecule has 3 aromatic carbocycles. The van der Waals surface area contributed by atoms with Gasteiger partial charge in [-0.25, -0.2) is 0 Å². The summed E-state index contributed by atoms with van der Waals surface area (Å²) < 4.78 is 0. The Morgan fingerprint density at radius 2 is 1.66 bits per heavy atom. The van der Waals surface area contributed by atoms with Gasteiger partial charge in [0.2, 0.25) is 0 Å². The van der Waals surface area contributed by atoms with Crippen molar-refractivity contribution in [1.29, 1.82) is 0 Å². The molecule has 1 N–H and O–H groups in total. The SMILES string of the molecule is Cc1ccc(/C(O)=C2\C(=O)C(=O)N(c3cccc4ccccc34)C2c2cccnc2)cc1. The summed E-state index contributed by atoms with van der Waals surface area (Å²) in [4.78, 5) is 32.3. The standard InChI is InChI=1S/C27H20N2O3/c1-17-11-13-19(14-12-17)25(30)23-24(20-8-5-15-28-16-20)29(27(32)26(23)31)22-10-4-7-18-6-2-3-9-21(18)22/h2-16,24,30H,1H3/b25-23+. The normalized spacial score (nSPS) is 17.8. The minimum absolute atomic E-state index is 0.0554. The summed E-state index contributed by atoms with van der Waals surface area (Å²) in [6.45, 7) is 1.94. The minimum atomic E-state index is -0.796. The van der Waals surface area contributed by atoms with Gasteiger partial charge in [-0.15, -0.1) is 0 Å². The number of aryl methyl sites for hydroxylation is 1. The van der Waals surface area contributed by atoms with Gasteiger partial charge in [-0.05, 0) is 30.0 Å². The molecule has 5 rings (SSSR count). The van der Waals surface area contributed by atoms with Gasteiger partial charge < -0.3 is 5.11 Å². The zero-order chi connectivity index (χ0) is 22.2. The number of carbonyl (C=O) groups excluding carboxylic acids is 2. The number of ketones is 1. The second-order valence-corrected chi connectivity index (χ2v) is 7.82. The van der Waals surface area contributed by atoms with Crippen molar-refractivity contribution in [3.8, 4) is 0 Å². The van der Waals surface area contributed by atoms with Crippen LogP contribution in [0.1, 0.15) is 22.7 Å². The molecule has 2 heterocycles. The van der Waals surface area contributed by atoms with Gasteiger partial charge in [0.25, 0.3) is 11.7 Å². The Labute approximate surface area is 185 Å². The van der Waals surface area contributed by atoms with Crippen LogP contribution in [0.2, 0.25) is 0 Å². The molecule has 0 aliphatic carbocycles. The second-order valence-electron chi connectivity index (χ2n) is 7.82. The molecule has 1 aliphatic heterocycles. The van der Waals surface area contributed by atoms with Gasteiger partial charge in [0.15, 0.2) is 0 Å². The lowest BCUT2D eigenvalue weighted by Gasteiger charge is -2.26. The predicted molar refractivity (Wildman–Crippen MR) is 124 cm³/mol. The Kier molecular flexibility index (Phi) is 4.79. The maximum Gasteiger partial charge on any atom is 0.300 e. The van der Waals surface area contributed by atoms with Gasteiger partial charge in [0.05, 0.1) is 17.3 Å². The Balaban J connectivity index is 1.77. The number of hydrogen-bond donors (Lipinski definition) is 1. The van der Waals surface area contributed by atoms with E-state index in [0.717, 1.165) is 16.3 Å². The van der Waals surface area contributed by atoms with E-state index in [1.54, 1.807) is 30.6 Å². The van der Waals surface area contributed by atoms with Crippen molar-refractivity contribution in [3.63, 3.8) is 0 Å². The lowest BCUT2D eigenvalue weighted by molar-refractivity contribution is -0.132. The number of benzene rings is 3. The number of aliphatic hydroxyl groups is 1. The van der Waals surface area contributed by atoms with Crippen molar-refractivity contribution < 1.29 is 14.7 Å². The van der Waals surface area contributed by atoms with E-state index in [1.807, 2.05) is 67.6 Å². The van der Waals surface area contributed by atoms with Gasteiger partial charge in [-0.2, -0.15) is 0 Å². The van der Waals surface area contributed by atoms with Crippen LogP contribution < -0.4 is 4.90 Å². The Morgan fingerprint density at radius 3 is 2.41 bits per heavy atom. The van der Waals surface area contributed by atoms with Crippen molar-refractivity contribution in [1.82, 2.24) is 4.98 Å². The van der Waals surface area contributed by atoms with Crippen LogP contribution >= 0.6 is 0 Å². The number of fused-ring (bicyclic) bond motifs is 1. The van der Waals surface area contributed by atoms with Crippen molar-refractivity contribution in [2.75, 3.05) is 4.90 Å². The molecule has 5 heteroatoms. The molecular weight excluding hydrogens is 400 g/mol. The number of anilines is 1. The van der Waals surface area contributed by atoms with Crippen LogP contribution in [0.25, 0.3) is 16.5 Å². The number of amides is 1. The van der Waals surface area contributed by atoms with Crippen molar-refractivity contribution >= 4 is 33.9 Å². The number of pyridine rings is 1. The Hall–Kier alpha value is -4.25. The number of Topliss-reactive ketones (excluding diaryl/α,β-unsaturated/α-hetero) is 1. The summed E-state index contributed by atoms with van der Waals surface area (Å²) in [6, 6.07) is 23.3. The molecule has 1 aliphatic rings.